The minimum atomic E-state index is 0.464. The van der Waals surface area contributed by atoms with Gasteiger partial charge in [-0.25, -0.2) is 0 Å². The van der Waals surface area contributed by atoms with E-state index < -0.39 is 0 Å². The molecule has 0 aliphatic carbocycles. The number of rotatable bonds is 7. The molecule has 0 unspecified atom stereocenters. The highest BCUT2D eigenvalue weighted by Gasteiger charge is 2.00. The molecule has 0 spiro atoms. The minimum Gasteiger partial charge on any atom is -0.370 e. The first-order valence-corrected chi connectivity index (χ1v) is 8.05. The first kappa shape index (κ1) is 17.0. The van der Waals surface area contributed by atoms with Gasteiger partial charge in [-0.3, -0.25) is 4.99 Å². The van der Waals surface area contributed by atoms with Gasteiger partial charge in [0.2, 0.25) is 0 Å². The summed E-state index contributed by atoms with van der Waals surface area (Å²) in [5.41, 5.74) is 9.54. The minimum absolute atomic E-state index is 0.464. The quantitative estimate of drug-likeness (QED) is 0.610. The molecule has 0 radical (unpaired) electrons. The molecule has 0 saturated carbocycles. The number of nitrogens with two attached hydrogens (primary N) is 1. The molecule has 0 fully saturated rings. The van der Waals surface area contributed by atoms with Crippen LogP contribution in [0.1, 0.15) is 18.1 Å². The van der Waals surface area contributed by atoms with Gasteiger partial charge < -0.3 is 16.0 Å². The van der Waals surface area contributed by atoms with Crippen molar-refractivity contribution in [1.82, 2.24) is 4.90 Å². The summed E-state index contributed by atoms with van der Waals surface area (Å²) in [6, 6.07) is 18.7. The van der Waals surface area contributed by atoms with Crippen molar-refractivity contribution in [2.45, 2.75) is 19.9 Å². The van der Waals surface area contributed by atoms with Crippen LogP contribution in [-0.2, 0) is 13.0 Å². The van der Waals surface area contributed by atoms with Crippen LogP contribution in [0.4, 0.5) is 5.69 Å². The normalized spacial score (nSPS) is 11.7. The number of nitrogens with one attached hydrogen (secondary N) is 1. The Balaban J connectivity index is 1.78. The lowest BCUT2D eigenvalue weighted by atomic mass is 10.1. The molecule has 0 aromatic heterocycles. The molecule has 2 aromatic rings. The summed E-state index contributed by atoms with van der Waals surface area (Å²) in [6.45, 7) is 4.60. The van der Waals surface area contributed by atoms with Crippen molar-refractivity contribution in [3.05, 3.63) is 65.7 Å². The number of hydrogen-bond acceptors (Lipinski definition) is 2. The van der Waals surface area contributed by atoms with Crippen LogP contribution in [0, 0.1) is 0 Å². The lowest BCUT2D eigenvalue weighted by Crippen LogP contribution is -2.26. The zero-order chi connectivity index (χ0) is 16.5. The van der Waals surface area contributed by atoms with Crippen LogP contribution in [0.2, 0.25) is 0 Å². The van der Waals surface area contributed by atoms with Crippen LogP contribution >= 0.6 is 0 Å². The van der Waals surface area contributed by atoms with Crippen molar-refractivity contribution in [3.8, 4) is 0 Å². The van der Waals surface area contributed by atoms with Crippen molar-refractivity contribution in [1.29, 1.82) is 0 Å². The highest BCUT2D eigenvalue weighted by molar-refractivity contribution is 5.92. The number of guanidine groups is 1. The smallest absolute Gasteiger partial charge is 0.193 e. The number of hydrogen-bond donors (Lipinski definition) is 2. The molecule has 3 N–H and O–H groups in total. The topological polar surface area (TPSA) is 53.6 Å². The van der Waals surface area contributed by atoms with Gasteiger partial charge >= 0.3 is 0 Å². The van der Waals surface area contributed by atoms with Gasteiger partial charge in [0, 0.05) is 18.8 Å². The van der Waals surface area contributed by atoms with Crippen molar-refractivity contribution in [3.63, 3.8) is 0 Å². The van der Waals surface area contributed by atoms with Crippen LogP contribution in [0.15, 0.2) is 59.6 Å². The van der Waals surface area contributed by atoms with E-state index >= 15 is 0 Å². The van der Waals surface area contributed by atoms with Crippen molar-refractivity contribution >= 4 is 11.6 Å². The summed E-state index contributed by atoms with van der Waals surface area (Å²) in [5.74, 6) is 0.464. The molecular formula is C19H26N4. The molecule has 2 aromatic carbocycles. The molecule has 0 atom stereocenters. The van der Waals surface area contributed by atoms with Crippen molar-refractivity contribution in [2.75, 3.05) is 25.5 Å². The number of likely N-dealkylation sites (N-methyl/N-ethyl adjacent to an activating group) is 1. The van der Waals surface area contributed by atoms with Gasteiger partial charge in [-0.15, -0.1) is 0 Å². The Morgan fingerprint density at radius 1 is 1.09 bits per heavy atom. The second-order valence-corrected chi connectivity index (χ2v) is 5.67. The third-order valence-corrected chi connectivity index (χ3v) is 3.67. The van der Waals surface area contributed by atoms with Gasteiger partial charge in [0.25, 0.3) is 0 Å². The molecule has 0 saturated heterocycles. The molecule has 0 heterocycles. The van der Waals surface area contributed by atoms with E-state index in [-0.39, 0.29) is 0 Å². The van der Waals surface area contributed by atoms with Gasteiger partial charge in [0.15, 0.2) is 5.96 Å². The van der Waals surface area contributed by atoms with Crippen LogP contribution in [0.3, 0.4) is 0 Å². The third kappa shape index (κ3) is 6.12. The first-order valence-electron chi connectivity index (χ1n) is 8.05. The highest BCUT2D eigenvalue weighted by atomic mass is 15.1. The van der Waals surface area contributed by atoms with Crippen molar-refractivity contribution < 1.29 is 0 Å². The van der Waals surface area contributed by atoms with Crippen LogP contribution in [-0.4, -0.2) is 31.0 Å². The van der Waals surface area contributed by atoms with E-state index in [0.29, 0.717) is 12.5 Å². The third-order valence-electron chi connectivity index (χ3n) is 3.67. The molecule has 0 amide bonds. The standard InChI is InChI=1S/C19H26N4/c1-3-16-10-7-11-18(14-16)22-19(20)21-12-13-23(2)15-17-8-5-4-6-9-17/h4-11,14H,3,12-13,15H2,1-2H3,(H3,20,21,22). The number of anilines is 1. The number of aryl methyl sites for hydroxylation is 1. The summed E-state index contributed by atoms with van der Waals surface area (Å²) in [7, 11) is 2.09. The maximum atomic E-state index is 5.96. The molecule has 0 aliphatic rings. The Morgan fingerprint density at radius 2 is 1.83 bits per heavy atom. The monoisotopic (exact) mass is 310 g/mol. The molecule has 0 bridgehead atoms. The van der Waals surface area contributed by atoms with Gasteiger partial charge in [-0.05, 0) is 36.7 Å². The Kier molecular flexibility index (Phi) is 6.63. The van der Waals surface area contributed by atoms with Crippen LogP contribution < -0.4 is 11.1 Å². The van der Waals surface area contributed by atoms with Crippen molar-refractivity contribution in [2.24, 2.45) is 10.7 Å². The Hall–Kier alpha value is -2.33. The Morgan fingerprint density at radius 3 is 2.57 bits per heavy atom. The average molecular weight is 310 g/mol. The van der Waals surface area contributed by atoms with Crippen LogP contribution in [0.25, 0.3) is 0 Å². The second kappa shape index (κ2) is 8.96. The maximum Gasteiger partial charge on any atom is 0.193 e. The number of benzene rings is 2. The van der Waals surface area contributed by atoms with Gasteiger partial charge in [-0.2, -0.15) is 0 Å². The van der Waals surface area contributed by atoms with E-state index in [1.165, 1.54) is 11.1 Å². The van der Waals surface area contributed by atoms with E-state index in [0.717, 1.165) is 25.2 Å². The number of nitrogens with zero attached hydrogens (tertiary/aromatic N) is 2. The summed E-state index contributed by atoms with van der Waals surface area (Å²) in [4.78, 5) is 6.64. The molecular weight excluding hydrogens is 284 g/mol. The molecule has 2 rings (SSSR count). The Bertz CT molecular complexity index is 622. The van der Waals surface area contributed by atoms with Crippen LogP contribution in [0.5, 0.6) is 0 Å². The summed E-state index contributed by atoms with van der Waals surface area (Å²) >= 11 is 0. The predicted molar refractivity (Wildman–Crippen MR) is 98.7 cm³/mol. The second-order valence-electron chi connectivity index (χ2n) is 5.67. The average Bonchev–Trinajstić information content (AvgIpc) is 2.56. The van der Waals surface area contributed by atoms with Gasteiger partial charge in [-0.1, -0.05) is 49.4 Å². The van der Waals surface area contributed by atoms with E-state index in [2.05, 4.69) is 65.6 Å². The molecule has 0 aliphatic heterocycles. The van der Waals surface area contributed by atoms with E-state index in [4.69, 9.17) is 5.73 Å². The van der Waals surface area contributed by atoms with Gasteiger partial charge in [0.1, 0.15) is 0 Å². The lowest BCUT2D eigenvalue weighted by molar-refractivity contribution is 0.336. The zero-order valence-electron chi connectivity index (χ0n) is 14.0. The lowest BCUT2D eigenvalue weighted by Gasteiger charge is -2.15. The summed E-state index contributed by atoms with van der Waals surface area (Å²) in [5, 5.41) is 3.15. The Labute approximate surface area is 139 Å². The van der Waals surface area contributed by atoms with E-state index in [9.17, 15) is 0 Å². The van der Waals surface area contributed by atoms with E-state index in [1.807, 2.05) is 18.2 Å². The largest absolute Gasteiger partial charge is 0.370 e. The summed E-state index contributed by atoms with van der Waals surface area (Å²) < 4.78 is 0. The fourth-order valence-corrected chi connectivity index (χ4v) is 2.37. The SMILES string of the molecule is CCc1cccc(NC(N)=NCCN(C)Cc2ccccc2)c1. The molecule has 23 heavy (non-hydrogen) atoms. The highest BCUT2D eigenvalue weighted by Crippen LogP contribution is 2.10. The molecule has 4 nitrogen and oxygen atoms in total. The fourth-order valence-electron chi connectivity index (χ4n) is 2.37. The van der Waals surface area contributed by atoms with E-state index in [1.54, 1.807) is 0 Å². The summed E-state index contributed by atoms with van der Waals surface area (Å²) in [6.07, 6.45) is 1.01. The predicted octanol–water partition coefficient (Wildman–Crippen LogP) is 3.11. The molecule has 4 heteroatoms. The number of aliphatic imine (C=N–C) groups is 1. The maximum absolute atomic E-state index is 5.96. The first-order chi connectivity index (χ1) is 11.2. The van der Waals surface area contributed by atoms with Gasteiger partial charge in [0.05, 0.1) is 6.54 Å². The fraction of sp³-hybridized carbons (Fsp3) is 0.316. The zero-order valence-corrected chi connectivity index (χ0v) is 14.0. The molecule has 122 valence electrons.